The molecule has 3 aromatic rings. The molecule has 32 heavy (non-hydrogen) atoms. The number of rotatable bonds is 3. The van der Waals surface area contributed by atoms with Crippen LogP contribution in [0.25, 0.3) is 16.8 Å². The van der Waals surface area contributed by atoms with Crippen LogP contribution in [0.3, 0.4) is 0 Å². The molecule has 2 bridgehead atoms. The molecule has 2 aromatic heterocycles. The maximum Gasteiger partial charge on any atom is 0.433 e. The van der Waals surface area contributed by atoms with E-state index in [1.165, 1.54) is 18.2 Å². The van der Waals surface area contributed by atoms with E-state index >= 15 is 0 Å². The molecule has 3 atom stereocenters. The van der Waals surface area contributed by atoms with Crippen molar-refractivity contribution in [2.45, 2.75) is 31.6 Å². The fraction of sp³-hybridized carbons (Fsp3) is 0.455. The monoisotopic (exact) mass is 454 g/mol. The van der Waals surface area contributed by atoms with E-state index < -0.39 is 23.6 Å². The number of aromatic nitrogens is 3. The average Bonchev–Trinajstić information content (AvgIpc) is 3.22. The van der Waals surface area contributed by atoms with Crippen LogP contribution in [-0.4, -0.2) is 27.7 Å². The molecule has 1 aliphatic carbocycles. The van der Waals surface area contributed by atoms with E-state index in [1.54, 1.807) is 0 Å². The molecule has 0 radical (unpaired) electrons. The van der Waals surface area contributed by atoms with Gasteiger partial charge in [0.2, 0.25) is 0 Å². The van der Waals surface area contributed by atoms with Crippen LogP contribution in [0, 0.1) is 17.8 Å². The Balaban J connectivity index is 1.60. The lowest BCUT2D eigenvalue weighted by Crippen LogP contribution is -2.39. The first-order valence-corrected chi connectivity index (χ1v) is 10.5. The zero-order valence-electron chi connectivity index (χ0n) is 16.8. The van der Waals surface area contributed by atoms with Crippen LogP contribution in [0.4, 0.5) is 26.3 Å². The molecule has 3 heterocycles. The van der Waals surface area contributed by atoms with Crippen LogP contribution in [0.1, 0.15) is 29.9 Å². The first-order valence-electron chi connectivity index (χ1n) is 10.5. The van der Waals surface area contributed by atoms with E-state index in [9.17, 15) is 26.3 Å². The molecule has 1 N–H and O–H groups in total. The Hall–Kier alpha value is -2.62. The molecule has 4 nitrogen and oxygen atoms in total. The summed E-state index contributed by atoms with van der Waals surface area (Å²) in [6.45, 7) is 1.75. The molecule has 1 unspecified atom stereocenters. The van der Waals surface area contributed by atoms with Gasteiger partial charge in [0.25, 0.3) is 0 Å². The van der Waals surface area contributed by atoms with Crippen molar-refractivity contribution >= 4 is 5.65 Å². The molecule has 5 rings (SSSR count). The second-order valence-electron chi connectivity index (χ2n) is 8.60. The van der Waals surface area contributed by atoms with Crippen molar-refractivity contribution < 1.29 is 26.3 Å². The summed E-state index contributed by atoms with van der Waals surface area (Å²) in [7, 11) is 0. The lowest BCUT2D eigenvalue weighted by molar-refractivity contribution is -0.142. The highest BCUT2D eigenvalue weighted by molar-refractivity contribution is 5.78. The van der Waals surface area contributed by atoms with Gasteiger partial charge in [-0.1, -0.05) is 12.1 Å². The maximum absolute atomic E-state index is 13.6. The molecule has 1 saturated heterocycles. The van der Waals surface area contributed by atoms with Gasteiger partial charge in [-0.25, -0.2) is 9.50 Å². The van der Waals surface area contributed by atoms with E-state index in [2.05, 4.69) is 15.4 Å². The van der Waals surface area contributed by atoms with Crippen molar-refractivity contribution in [2.75, 3.05) is 13.1 Å². The predicted molar refractivity (Wildman–Crippen MR) is 105 cm³/mol. The number of pyridine rings is 1. The van der Waals surface area contributed by atoms with Gasteiger partial charge in [-0.3, -0.25) is 0 Å². The molecular weight excluding hydrogens is 434 g/mol. The van der Waals surface area contributed by atoms with E-state index in [1.807, 2.05) is 0 Å². The van der Waals surface area contributed by atoms with Gasteiger partial charge in [-0.15, -0.1) is 0 Å². The summed E-state index contributed by atoms with van der Waals surface area (Å²) in [6, 6.07) is 6.52. The number of alkyl halides is 6. The molecule has 1 aliphatic heterocycles. The number of fused-ring (bicyclic) bond motifs is 3. The van der Waals surface area contributed by atoms with Crippen LogP contribution in [0.5, 0.6) is 0 Å². The number of hydrogen-bond donors (Lipinski definition) is 1. The minimum absolute atomic E-state index is 0.0876. The molecule has 0 spiro atoms. The van der Waals surface area contributed by atoms with Crippen LogP contribution in [-0.2, 0) is 18.8 Å². The fourth-order valence-electron chi connectivity index (χ4n) is 5.14. The number of nitrogens with zero attached hydrogens (tertiary/aromatic N) is 3. The second kappa shape index (κ2) is 7.47. The van der Waals surface area contributed by atoms with E-state index in [0.717, 1.165) is 48.6 Å². The highest BCUT2D eigenvalue weighted by atomic mass is 19.4. The lowest BCUT2D eigenvalue weighted by atomic mass is 9.83. The molecule has 1 saturated carbocycles. The van der Waals surface area contributed by atoms with Gasteiger partial charge >= 0.3 is 12.4 Å². The molecule has 1 aromatic carbocycles. The number of halogens is 6. The van der Waals surface area contributed by atoms with E-state index in [0.29, 0.717) is 30.0 Å². The number of hydrogen-bond acceptors (Lipinski definition) is 3. The highest BCUT2D eigenvalue weighted by Gasteiger charge is 2.40. The van der Waals surface area contributed by atoms with Crippen molar-refractivity contribution in [3.05, 3.63) is 53.5 Å². The Morgan fingerprint density at radius 3 is 2.31 bits per heavy atom. The minimum Gasteiger partial charge on any atom is -0.316 e. The molecule has 2 aliphatic rings. The standard InChI is InChI=1S/C22H20F6N4/c23-21(24,25)15-3-1-2-12(8-15)16-6-7-18(22(26,27)28)32-20(16)30-19(31-32)9-17-13-4-5-14(17)11-29-10-13/h1-3,6-8,13-14,17,29H,4-5,9-11H2/t13-,14+,17?. The van der Waals surface area contributed by atoms with Gasteiger partial charge in [0.15, 0.2) is 11.5 Å². The smallest absolute Gasteiger partial charge is 0.316 e. The third-order valence-corrected chi connectivity index (χ3v) is 6.67. The van der Waals surface area contributed by atoms with Gasteiger partial charge in [0.1, 0.15) is 5.69 Å². The zero-order chi connectivity index (χ0) is 22.7. The largest absolute Gasteiger partial charge is 0.433 e. The normalized spacial score (nSPS) is 23.8. The van der Waals surface area contributed by atoms with Crippen molar-refractivity contribution in [3.63, 3.8) is 0 Å². The Morgan fingerprint density at radius 1 is 0.938 bits per heavy atom. The summed E-state index contributed by atoms with van der Waals surface area (Å²) >= 11 is 0. The summed E-state index contributed by atoms with van der Waals surface area (Å²) in [5, 5.41) is 7.55. The Morgan fingerprint density at radius 2 is 1.66 bits per heavy atom. The van der Waals surface area contributed by atoms with Crippen molar-refractivity contribution in [3.8, 4) is 11.1 Å². The van der Waals surface area contributed by atoms with Crippen LogP contribution in [0.2, 0.25) is 0 Å². The number of benzene rings is 1. The first-order chi connectivity index (χ1) is 15.1. The number of piperidine rings is 1. The fourth-order valence-corrected chi connectivity index (χ4v) is 5.14. The third kappa shape index (κ3) is 3.74. The number of nitrogens with one attached hydrogen (secondary N) is 1. The molecular formula is C22H20F6N4. The zero-order valence-corrected chi connectivity index (χ0v) is 16.8. The summed E-state index contributed by atoms with van der Waals surface area (Å²) in [4.78, 5) is 4.40. The molecule has 170 valence electrons. The van der Waals surface area contributed by atoms with Crippen molar-refractivity contribution in [2.24, 2.45) is 17.8 Å². The quantitative estimate of drug-likeness (QED) is 0.552. The van der Waals surface area contributed by atoms with Crippen molar-refractivity contribution in [1.82, 2.24) is 19.9 Å². The van der Waals surface area contributed by atoms with Gasteiger partial charge in [-0.05, 0) is 73.5 Å². The van der Waals surface area contributed by atoms with Crippen LogP contribution in [0.15, 0.2) is 36.4 Å². The average molecular weight is 454 g/mol. The van der Waals surface area contributed by atoms with E-state index in [4.69, 9.17) is 0 Å². The van der Waals surface area contributed by atoms with Gasteiger partial charge in [0.05, 0.1) is 5.56 Å². The lowest BCUT2D eigenvalue weighted by Gasteiger charge is -2.29. The Bertz CT molecular complexity index is 1130. The van der Waals surface area contributed by atoms with Crippen LogP contribution >= 0.6 is 0 Å². The minimum atomic E-state index is -4.68. The van der Waals surface area contributed by atoms with Gasteiger partial charge < -0.3 is 5.32 Å². The van der Waals surface area contributed by atoms with Crippen molar-refractivity contribution in [1.29, 1.82) is 0 Å². The second-order valence-corrected chi connectivity index (χ2v) is 8.60. The summed E-state index contributed by atoms with van der Waals surface area (Å²) in [6.07, 6.45) is -6.65. The summed E-state index contributed by atoms with van der Waals surface area (Å²) < 4.78 is 81.1. The Kier molecular flexibility index (Phi) is 4.96. The first kappa shape index (κ1) is 21.2. The predicted octanol–water partition coefficient (Wildman–Crippen LogP) is 5.22. The van der Waals surface area contributed by atoms with Gasteiger partial charge in [0, 0.05) is 12.0 Å². The topological polar surface area (TPSA) is 42.2 Å². The molecule has 10 heteroatoms. The SMILES string of the molecule is FC(F)(F)c1cccc(-c2ccc(C(F)(F)F)n3nc(CC4[C@@H]5CC[C@H]4CNC5)nc23)c1. The van der Waals surface area contributed by atoms with Gasteiger partial charge in [-0.2, -0.15) is 31.4 Å². The summed E-state index contributed by atoms with van der Waals surface area (Å²) in [5.74, 6) is 1.45. The highest BCUT2D eigenvalue weighted by Crippen LogP contribution is 2.41. The molecule has 2 fully saturated rings. The maximum atomic E-state index is 13.6. The molecule has 0 amide bonds. The third-order valence-electron chi connectivity index (χ3n) is 6.67. The van der Waals surface area contributed by atoms with Crippen LogP contribution < -0.4 is 5.32 Å². The van der Waals surface area contributed by atoms with E-state index in [-0.39, 0.29) is 16.8 Å². The summed E-state index contributed by atoms with van der Waals surface area (Å²) in [5.41, 5.74) is -1.65. The Labute approximate surface area is 179 Å².